The summed E-state index contributed by atoms with van der Waals surface area (Å²) in [7, 11) is 0. The molecule has 1 unspecified atom stereocenters. The minimum atomic E-state index is -0.957. The lowest BCUT2D eigenvalue weighted by Gasteiger charge is -2.37. The van der Waals surface area contributed by atoms with Gasteiger partial charge in [0.1, 0.15) is 5.41 Å². The molecule has 1 saturated heterocycles. The van der Waals surface area contributed by atoms with E-state index in [1.54, 1.807) is 0 Å². The Kier molecular flexibility index (Phi) is 3.41. The van der Waals surface area contributed by atoms with Crippen LogP contribution in [0.1, 0.15) is 46.0 Å². The fraction of sp³-hybridized carbons (Fsp3) is 0.769. The molecule has 0 radical (unpaired) electrons. The molecule has 18 heavy (non-hydrogen) atoms. The average molecular weight is 252 g/mol. The number of hydrogen-bond donors (Lipinski definition) is 1. The number of hydrogen-bond acceptors (Lipinski definition) is 3. The van der Waals surface area contributed by atoms with E-state index in [-0.39, 0.29) is 11.8 Å². The maximum absolute atomic E-state index is 12.5. The fourth-order valence-electron chi connectivity index (χ4n) is 2.76. The smallest absolute Gasteiger partial charge is 0.277 e. The summed E-state index contributed by atoms with van der Waals surface area (Å²) in [6.07, 6.45) is 3.80. The average Bonchev–Trinajstić information content (AvgIpc) is 2.83. The van der Waals surface area contributed by atoms with Crippen LogP contribution in [0.4, 0.5) is 4.79 Å². The molecule has 1 saturated carbocycles. The van der Waals surface area contributed by atoms with Crippen molar-refractivity contribution in [3.05, 3.63) is 0 Å². The summed E-state index contributed by atoms with van der Waals surface area (Å²) >= 11 is 0. The van der Waals surface area contributed by atoms with Gasteiger partial charge in [-0.05, 0) is 18.8 Å². The summed E-state index contributed by atoms with van der Waals surface area (Å²) in [5.74, 6) is -0.421. The van der Waals surface area contributed by atoms with Crippen molar-refractivity contribution >= 4 is 17.8 Å². The monoisotopic (exact) mass is 252 g/mol. The van der Waals surface area contributed by atoms with Gasteiger partial charge in [0, 0.05) is 6.54 Å². The van der Waals surface area contributed by atoms with Crippen molar-refractivity contribution in [2.75, 3.05) is 6.54 Å². The molecule has 1 atom stereocenters. The Labute approximate surface area is 107 Å². The first kappa shape index (κ1) is 13.1. The highest BCUT2D eigenvalue weighted by Gasteiger charge is 2.54. The van der Waals surface area contributed by atoms with Gasteiger partial charge in [-0.2, -0.15) is 0 Å². The lowest BCUT2D eigenvalue weighted by molar-refractivity contribution is -0.151. The van der Waals surface area contributed by atoms with Crippen molar-refractivity contribution < 1.29 is 14.4 Å². The topological polar surface area (TPSA) is 66.5 Å². The second kappa shape index (κ2) is 4.71. The van der Waals surface area contributed by atoms with Crippen molar-refractivity contribution in [1.29, 1.82) is 0 Å². The third kappa shape index (κ3) is 1.91. The molecule has 2 rings (SSSR count). The van der Waals surface area contributed by atoms with Crippen LogP contribution in [0.15, 0.2) is 0 Å². The summed E-state index contributed by atoms with van der Waals surface area (Å²) in [5.41, 5.74) is -0.957. The molecule has 5 heteroatoms. The number of imide groups is 2. The summed E-state index contributed by atoms with van der Waals surface area (Å²) in [4.78, 5) is 37.4. The van der Waals surface area contributed by atoms with Crippen LogP contribution >= 0.6 is 0 Å². The van der Waals surface area contributed by atoms with E-state index in [0.29, 0.717) is 19.4 Å². The number of nitrogens with one attached hydrogen (secondary N) is 1. The molecular weight excluding hydrogens is 232 g/mol. The second-order valence-electron chi connectivity index (χ2n) is 5.48. The van der Waals surface area contributed by atoms with E-state index in [2.05, 4.69) is 5.32 Å². The van der Waals surface area contributed by atoms with Gasteiger partial charge in [0.15, 0.2) is 0 Å². The minimum Gasteiger partial charge on any atom is -0.277 e. The molecule has 0 bridgehead atoms. The molecule has 4 amide bonds. The SMILES string of the molecule is CCC(C)CN1C(=O)NC(=O)C2(CCCC2)C1=O. The Morgan fingerprint density at radius 1 is 1.28 bits per heavy atom. The summed E-state index contributed by atoms with van der Waals surface area (Å²) in [6, 6.07) is -0.553. The molecular formula is C13H20N2O3. The van der Waals surface area contributed by atoms with E-state index in [0.717, 1.165) is 19.3 Å². The minimum absolute atomic E-state index is 0.256. The summed E-state index contributed by atoms with van der Waals surface area (Å²) in [5, 5.41) is 2.35. The van der Waals surface area contributed by atoms with E-state index in [1.807, 2.05) is 13.8 Å². The molecule has 100 valence electrons. The highest BCUT2D eigenvalue weighted by Crippen LogP contribution is 2.41. The van der Waals surface area contributed by atoms with E-state index in [4.69, 9.17) is 0 Å². The van der Waals surface area contributed by atoms with Gasteiger partial charge in [0.25, 0.3) is 0 Å². The zero-order chi connectivity index (χ0) is 13.3. The lowest BCUT2D eigenvalue weighted by atomic mass is 9.82. The number of rotatable bonds is 3. The van der Waals surface area contributed by atoms with Gasteiger partial charge < -0.3 is 0 Å². The molecule has 0 aromatic rings. The molecule has 1 aliphatic heterocycles. The molecule has 0 aromatic heterocycles. The largest absolute Gasteiger partial charge is 0.330 e. The number of barbiturate groups is 1. The van der Waals surface area contributed by atoms with Crippen molar-refractivity contribution in [1.82, 2.24) is 10.2 Å². The first-order chi connectivity index (χ1) is 8.51. The van der Waals surface area contributed by atoms with Crippen LogP contribution in [-0.4, -0.2) is 29.3 Å². The molecule has 2 fully saturated rings. The Bertz CT molecular complexity index is 386. The third-order valence-electron chi connectivity index (χ3n) is 4.20. The van der Waals surface area contributed by atoms with Crippen LogP contribution < -0.4 is 5.32 Å². The number of amides is 4. The van der Waals surface area contributed by atoms with Crippen molar-refractivity contribution in [2.45, 2.75) is 46.0 Å². The standard InChI is InChI=1S/C13H20N2O3/c1-3-9(2)8-15-11(17)13(6-4-5-7-13)10(16)14-12(15)18/h9H,3-8H2,1-2H3,(H,14,16,18). The van der Waals surface area contributed by atoms with Gasteiger partial charge in [-0.25, -0.2) is 4.79 Å². The van der Waals surface area contributed by atoms with Crippen LogP contribution in [-0.2, 0) is 9.59 Å². The van der Waals surface area contributed by atoms with Gasteiger partial charge in [0.2, 0.25) is 11.8 Å². The summed E-state index contributed by atoms with van der Waals surface area (Å²) in [6.45, 7) is 4.42. The van der Waals surface area contributed by atoms with E-state index < -0.39 is 17.4 Å². The van der Waals surface area contributed by atoms with Crippen molar-refractivity contribution in [3.63, 3.8) is 0 Å². The number of nitrogens with zero attached hydrogens (tertiary/aromatic N) is 1. The highest BCUT2D eigenvalue weighted by atomic mass is 16.2. The Morgan fingerprint density at radius 3 is 2.44 bits per heavy atom. The van der Waals surface area contributed by atoms with E-state index in [9.17, 15) is 14.4 Å². The van der Waals surface area contributed by atoms with Crippen LogP contribution in [0.3, 0.4) is 0 Å². The predicted molar refractivity (Wildman–Crippen MR) is 65.6 cm³/mol. The molecule has 5 nitrogen and oxygen atoms in total. The Hall–Kier alpha value is -1.39. The molecule has 1 heterocycles. The first-order valence-electron chi connectivity index (χ1n) is 6.68. The van der Waals surface area contributed by atoms with Gasteiger partial charge in [-0.1, -0.05) is 33.1 Å². The molecule has 0 aromatic carbocycles. The Balaban J connectivity index is 2.23. The lowest BCUT2D eigenvalue weighted by Crippen LogP contribution is -2.63. The van der Waals surface area contributed by atoms with E-state index in [1.165, 1.54) is 4.90 Å². The first-order valence-corrected chi connectivity index (χ1v) is 6.68. The maximum atomic E-state index is 12.5. The number of carbonyl (C=O) groups is 3. The maximum Gasteiger partial charge on any atom is 0.330 e. The van der Waals surface area contributed by atoms with Gasteiger partial charge in [-0.3, -0.25) is 19.8 Å². The third-order valence-corrected chi connectivity index (χ3v) is 4.20. The Morgan fingerprint density at radius 2 is 1.89 bits per heavy atom. The van der Waals surface area contributed by atoms with Gasteiger partial charge in [0.05, 0.1) is 0 Å². The molecule has 1 N–H and O–H groups in total. The molecule has 1 aliphatic carbocycles. The second-order valence-corrected chi connectivity index (χ2v) is 5.48. The number of urea groups is 1. The van der Waals surface area contributed by atoms with Crippen LogP contribution in [0.5, 0.6) is 0 Å². The van der Waals surface area contributed by atoms with Crippen LogP contribution in [0.2, 0.25) is 0 Å². The summed E-state index contributed by atoms with van der Waals surface area (Å²) < 4.78 is 0. The predicted octanol–water partition coefficient (Wildman–Crippen LogP) is 1.67. The molecule has 1 spiro atoms. The highest BCUT2D eigenvalue weighted by molar-refractivity contribution is 6.19. The quantitative estimate of drug-likeness (QED) is 0.777. The van der Waals surface area contributed by atoms with Crippen LogP contribution in [0, 0.1) is 11.3 Å². The van der Waals surface area contributed by atoms with Gasteiger partial charge >= 0.3 is 6.03 Å². The molecule has 2 aliphatic rings. The zero-order valence-corrected chi connectivity index (χ0v) is 11.0. The van der Waals surface area contributed by atoms with Gasteiger partial charge in [-0.15, -0.1) is 0 Å². The zero-order valence-electron chi connectivity index (χ0n) is 11.0. The number of carbonyl (C=O) groups excluding carboxylic acids is 3. The fourth-order valence-corrected chi connectivity index (χ4v) is 2.76. The normalized spacial score (nSPS) is 24.6. The van der Waals surface area contributed by atoms with Crippen LogP contribution in [0.25, 0.3) is 0 Å². The van der Waals surface area contributed by atoms with E-state index >= 15 is 0 Å². The van der Waals surface area contributed by atoms with Crippen molar-refractivity contribution in [3.8, 4) is 0 Å². The van der Waals surface area contributed by atoms with Crippen molar-refractivity contribution in [2.24, 2.45) is 11.3 Å².